The number of carbonyl (C=O) groups excluding carboxylic acids is 1. The van der Waals surface area contributed by atoms with E-state index in [4.69, 9.17) is 5.11 Å². The van der Waals surface area contributed by atoms with E-state index in [1.807, 2.05) is 30.3 Å². The molecule has 1 fully saturated rings. The van der Waals surface area contributed by atoms with Crippen LogP contribution < -0.4 is 4.72 Å². The molecule has 7 heteroatoms. The van der Waals surface area contributed by atoms with Crippen LogP contribution in [0.3, 0.4) is 0 Å². The summed E-state index contributed by atoms with van der Waals surface area (Å²) in [5.41, 5.74) is 1.03. The van der Waals surface area contributed by atoms with Gasteiger partial charge in [-0.2, -0.15) is 0 Å². The highest BCUT2D eigenvalue weighted by molar-refractivity contribution is 7.88. The Hall–Kier alpha value is -1.44. The van der Waals surface area contributed by atoms with Crippen molar-refractivity contribution in [3.8, 4) is 0 Å². The molecule has 1 aromatic rings. The van der Waals surface area contributed by atoms with Gasteiger partial charge in [-0.15, -0.1) is 0 Å². The van der Waals surface area contributed by atoms with Gasteiger partial charge in [-0.1, -0.05) is 30.3 Å². The van der Waals surface area contributed by atoms with Crippen molar-refractivity contribution in [1.82, 2.24) is 9.62 Å². The maximum atomic E-state index is 11.8. The average Bonchev–Trinajstić information content (AvgIpc) is 2.80. The molecule has 2 N–H and O–H groups in total. The van der Waals surface area contributed by atoms with Crippen molar-refractivity contribution in [3.63, 3.8) is 0 Å². The van der Waals surface area contributed by atoms with Gasteiger partial charge in [-0.25, -0.2) is 13.1 Å². The van der Waals surface area contributed by atoms with E-state index in [0.717, 1.165) is 11.8 Å². The van der Waals surface area contributed by atoms with E-state index in [1.165, 1.54) is 0 Å². The molecule has 0 unspecified atom stereocenters. The number of aliphatic hydroxyl groups excluding tert-OH is 1. The third kappa shape index (κ3) is 4.26. The van der Waals surface area contributed by atoms with Crippen LogP contribution in [0.5, 0.6) is 0 Å². The van der Waals surface area contributed by atoms with E-state index in [-0.39, 0.29) is 18.0 Å². The number of nitrogens with zero attached hydrogens (tertiary/aromatic N) is 1. The summed E-state index contributed by atoms with van der Waals surface area (Å²) in [6.45, 7) is -0.110. The number of nitrogens with one attached hydrogen (secondary N) is 1. The van der Waals surface area contributed by atoms with Crippen LogP contribution >= 0.6 is 0 Å². The van der Waals surface area contributed by atoms with Crippen molar-refractivity contribution < 1.29 is 18.3 Å². The van der Waals surface area contributed by atoms with Gasteiger partial charge in [0.05, 0.1) is 12.3 Å². The van der Waals surface area contributed by atoms with E-state index in [0.29, 0.717) is 19.4 Å². The lowest BCUT2D eigenvalue weighted by Gasteiger charge is -2.28. The molecule has 1 amide bonds. The predicted octanol–water partition coefficient (Wildman–Crippen LogP) is -0.260. The number of sulfonamides is 1. The normalized spacial score (nSPS) is 22.5. The summed E-state index contributed by atoms with van der Waals surface area (Å²) >= 11 is 0. The number of hydrogen-bond donors (Lipinski definition) is 2. The Balaban J connectivity index is 2.20. The van der Waals surface area contributed by atoms with Gasteiger partial charge in [0.1, 0.15) is 6.61 Å². The molecule has 1 heterocycles. The monoisotopic (exact) mass is 312 g/mol. The van der Waals surface area contributed by atoms with Crippen LogP contribution in [0.15, 0.2) is 30.3 Å². The molecule has 0 aromatic heterocycles. The lowest BCUT2D eigenvalue weighted by atomic mass is 10.0. The number of carbonyl (C=O) groups is 1. The van der Waals surface area contributed by atoms with Crippen molar-refractivity contribution in [1.29, 1.82) is 0 Å². The van der Waals surface area contributed by atoms with E-state index < -0.39 is 16.6 Å². The molecule has 6 nitrogen and oxygen atoms in total. The van der Waals surface area contributed by atoms with Crippen LogP contribution in [0.2, 0.25) is 0 Å². The van der Waals surface area contributed by atoms with E-state index >= 15 is 0 Å². The number of rotatable bonds is 5. The van der Waals surface area contributed by atoms with Gasteiger partial charge in [0, 0.05) is 12.6 Å². The summed E-state index contributed by atoms with van der Waals surface area (Å²) in [6.07, 6.45) is 2.22. The van der Waals surface area contributed by atoms with Crippen LogP contribution in [0, 0.1) is 0 Å². The lowest BCUT2D eigenvalue weighted by Crippen LogP contribution is -2.48. The van der Waals surface area contributed by atoms with E-state index in [1.54, 1.807) is 4.90 Å². The van der Waals surface area contributed by atoms with Crippen LogP contribution in [0.4, 0.5) is 0 Å². The lowest BCUT2D eigenvalue weighted by molar-refractivity contribution is -0.135. The van der Waals surface area contributed by atoms with Gasteiger partial charge < -0.3 is 10.0 Å². The average molecular weight is 312 g/mol. The SMILES string of the molecule is CS(=O)(=O)N[C@@H]1CCN(C(=O)CO)[C@H]1Cc1ccccc1. The number of aliphatic hydroxyl groups is 1. The highest BCUT2D eigenvalue weighted by Gasteiger charge is 2.37. The quantitative estimate of drug-likeness (QED) is 0.784. The fourth-order valence-electron chi connectivity index (χ4n) is 2.77. The van der Waals surface area contributed by atoms with Gasteiger partial charge in [0.15, 0.2) is 0 Å². The Morgan fingerprint density at radius 1 is 1.38 bits per heavy atom. The van der Waals surface area contributed by atoms with Crippen molar-refractivity contribution in [2.45, 2.75) is 24.9 Å². The minimum absolute atomic E-state index is 0.276. The van der Waals surface area contributed by atoms with Gasteiger partial charge in [-0.3, -0.25) is 4.79 Å². The molecule has 2 rings (SSSR count). The Labute approximate surface area is 124 Å². The minimum Gasteiger partial charge on any atom is -0.387 e. The maximum Gasteiger partial charge on any atom is 0.248 e. The van der Waals surface area contributed by atoms with Crippen molar-refractivity contribution >= 4 is 15.9 Å². The summed E-state index contributed by atoms with van der Waals surface area (Å²) in [7, 11) is -3.34. The maximum absolute atomic E-state index is 11.8. The summed E-state index contributed by atoms with van der Waals surface area (Å²) in [6, 6.07) is 9.00. The second-order valence-electron chi connectivity index (χ2n) is 5.29. The van der Waals surface area contributed by atoms with Gasteiger partial charge in [-0.05, 0) is 18.4 Å². The molecule has 1 aromatic carbocycles. The van der Waals surface area contributed by atoms with Crippen molar-refractivity contribution in [2.24, 2.45) is 0 Å². The molecular formula is C14H20N2O4S. The molecular weight excluding hydrogens is 292 g/mol. The molecule has 1 aliphatic rings. The Morgan fingerprint density at radius 2 is 2.05 bits per heavy atom. The Morgan fingerprint density at radius 3 is 2.62 bits per heavy atom. The number of amides is 1. The molecule has 2 atom stereocenters. The summed E-state index contributed by atoms with van der Waals surface area (Å²) in [4.78, 5) is 13.4. The summed E-state index contributed by atoms with van der Waals surface area (Å²) in [5.74, 6) is -0.367. The minimum atomic E-state index is -3.34. The summed E-state index contributed by atoms with van der Waals surface area (Å²) in [5, 5.41) is 9.07. The zero-order chi connectivity index (χ0) is 15.5. The Bertz CT molecular complexity index is 588. The molecule has 0 radical (unpaired) electrons. The predicted molar refractivity (Wildman–Crippen MR) is 79.1 cm³/mol. The first-order valence-electron chi connectivity index (χ1n) is 6.82. The number of benzene rings is 1. The third-order valence-electron chi connectivity index (χ3n) is 3.65. The van der Waals surface area contributed by atoms with Gasteiger partial charge in [0.2, 0.25) is 15.9 Å². The van der Waals surface area contributed by atoms with Crippen LogP contribution in [0.25, 0.3) is 0 Å². The van der Waals surface area contributed by atoms with Crippen molar-refractivity contribution in [2.75, 3.05) is 19.4 Å². The molecule has 21 heavy (non-hydrogen) atoms. The molecule has 0 spiro atoms. The van der Waals surface area contributed by atoms with Crippen LogP contribution in [-0.2, 0) is 21.2 Å². The van der Waals surface area contributed by atoms with Gasteiger partial charge in [0.25, 0.3) is 0 Å². The van der Waals surface area contributed by atoms with Crippen molar-refractivity contribution in [3.05, 3.63) is 35.9 Å². The third-order valence-corrected chi connectivity index (χ3v) is 4.39. The largest absolute Gasteiger partial charge is 0.387 e. The fourth-order valence-corrected chi connectivity index (χ4v) is 3.60. The first kappa shape index (κ1) is 15.9. The zero-order valence-electron chi connectivity index (χ0n) is 11.9. The smallest absolute Gasteiger partial charge is 0.248 e. The molecule has 116 valence electrons. The van der Waals surface area contributed by atoms with Crippen LogP contribution in [-0.4, -0.2) is 55.8 Å². The highest BCUT2D eigenvalue weighted by Crippen LogP contribution is 2.22. The first-order valence-corrected chi connectivity index (χ1v) is 8.71. The zero-order valence-corrected chi connectivity index (χ0v) is 12.7. The molecule has 1 aliphatic heterocycles. The highest BCUT2D eigenvalue weighted by atomic mass is 32.2. The van der Waals surface area contributed by atoms with Gasteiger partial charge >= 0.3 is 0 Å². The topological polar surface area (TPSA) is 86.7 Å². The Kier molecular flexibility index (Phi) is 4.97. The molecule has 0 aliphatic carbocycles. The molecule has 0 bridgehead atoms. The summed E-state index contributed by atoms with van der Waals surface area (Å²) < 4.78 is 25.5. The second kappa shape index (κ2) is 6.55. The number of likely N-dealkylation sites (tertiary alicyclic amines) is 1. The first-order chi connectivity index (χ1) is 9.90. The molecule has 1 saturated heterocycles. The van der Waals surface area contributed by atoms with E-state index in [2.05, 4.69) is 4.72 Å². The standard InChI is InChI=1S/C14H20N2O4S/c1-21(19,20)15-12-7-8-16(14(18)10-17)13(12)9-11-5-3-2-4-6-11/h2-6,12-13,15,17H,7-10H2,1H3/t12-,13+/m1/s1. The molecule has 0 saturated carbocycles. The van der Waals surface area contributed by atoms with E-state index in [9.17, 15) is 13.2 Å². The second-order valence-corrected chi connectivity index (χ2v) is 7.07. The fraction of sp³-hybridized carbons (Fsp3) is 0.500. The van der Waals surface area contributed by atoms with Crippen LogP contribution in [0.1, 0.15) is 12.0 Å². The number of hydrogen-bond acceptors (Lipinski definition) is 4.